The number of carbonyl (C=O) groups is 1. The fraction of sp³-hybridized carbons (Fsp3) is 0.520. The van der Waals surface area contributed by atoms with Gasteiger partial charge in [0.2, 0.25) is 0 Å². The summed E-state index contributed by atoms with van der Waals surface area (Å²) in [6.45, 7) is 1.53. The number of carbonyl (C=O) groups excluding carboxylic acids is 1. The van der Waals surface area contributed by atoms with Crippen molar-refractivity contribution in [1.29, 1.82) is 0 Å². The molecule has 0 radical (unpaired) electrons. The van der Waals surface area contributed by atoms with Crippen molar-refractivity contribution in [2.45, 2.75) is 38.1 Å². The molecule has 3 fully saturated rings. The summed E-state index contributed by atoms with van der Waals surface area (Å²) in [4.78, 5) is 31.6. The SMILES string of the molecule is COC(=O)c1c(N2C[C@@H]3[C@H](CO)[C@@H]3C2)sc(-c2ccc3c(c2)ncn3C2CCCCC2)c1[N+](=O)[O-]. The number of fused-ring (bicyclic) bond motifs is 2. The largest absolute Gasteiger partial charge is 0.465 e. The Morgan fingerprint density at radius 3 is 2.66 bits per heavy atom. The van der Waals surface area contributed by atoms with Crippen LogP contribution in [0, 0.1) is 27.9 Å². The quantitative estimate of drug-likeness (QED) is 0.301. The third-order valence-electron chi connectivity index (χ3n) is 8.11. The van der Waals surface area contributed by atoms with Gasteiger partial charge in [-0.1, -0.05) is 25.3 Å². The predicted octanol–water partition coefficient (Wildman–Crippen LogP) is 4.64. The monoisotopic (exact) mass is 496 g/mol. The van der Waals surface area contributed by atoms with Crippen LogP contribution in [0.3, 0.4) is 0 Å². The van der Waals surface area contributed by atoms with Crippen molar-refractivity contribution in [3.63, 3.8) is 0 Å². The number of aliphatic hydroxyl groups is 1. The Kier molecular flexibility index (Phi) is 5.52. The number of anilines is 1. The molecular weight excluding hydrogens is 468 g/mol. The zero-order valence-corrected chi connectivity index (χ0v) is 20.4. The molecule has 1 saturated heterocycles. The fourth-order valence-corrected chi connectivity index (χ4v) is 7.47. The number of imidazole rings is 1. The van der Waals surface area contributed by atoms with Crippen LogP contribution in [0.2, 0.25) is 0 Å². The van der Waals surface area contributed by atoms with Gasteiger partial charge in [-0.3, -0.25) is 10.1 Å². The van der Waals surface area contributed by atoms with Crippen molar-refractivity contribution in [2.24, 2.45) is 17.8 Å². The molecule has 9 nitrogen and oxygen atoms in total. The van der Waals surface area contributed by atoms with Crippen molar-refractivity contribution >= 4 is 39.0 Å². The first-order valence-electron chi connectivity index (χ1n) is 12.2. The molecule has 0 amide bonds. The van der Waals surface area contributed by atoms with Crippen molar-refractivity contribution in [3.05, 3.63) is 40.2 Å². The molecule has 0 bridgehead atoms. The number of aromatic nitrogens is 2. The number of thiophene rings is 1. The van der Waals surface area contributed by atoms with Crippen LogP contribution in [0.5, 0.6) is 0 Å². The molecule has 184 valence electrons. The fourth-order valence-electron chi connectivity index (χ4n) is 6.20. The van der Waals surface area contributed by atoms with E-state index in [0.717, 1.165) is 23.9 Å². The Morgan fingerprint density at radius 1 is 1.26 bits per heavy atom. The molecule has 1 aliphatic heterocycles. The van der Waals surface area contributed by atoms with Gasteiger partial charge in [-0.15, -0.1) is 11.3 Å². The highest BCUT2D eigenvalue weighted by molar-refractivity contribution is 7.20. The van der Waals surface area contributed by atoms with Gasteiger partial charge in [0.15, 0.2) is 5.56 Å². The van der Waals surface area contributed by atoms with E-state index < -0.39 is 10.9 Å². The van der Waals surface area contributed by atoms with E-state index in [0.29, 0.717) is 52.3 Å². The number of esters is 1. The van der Waals surface area contributed by atoms with E-state index in [4.69, 9.17) is 4.74 Å². The van der Waals surface area contributed by atoms with Gasteiger partial charge in [-0.2, -0.15) is 0 Å². The smallest absolute Gasteiger partial charge is 0.347 e. The van der Waals surface area contributed by atoms with Gasteiger partial charge in [0.05, 0.1) is 29.4 Å². The van der Waals surface area contributed by atoms with Crippen LogP contribution >= 0.6 is 11.3 Å². The molecular formula is C25H28N4O5S. The maximum absolute atomic E-state index is 12.8. The number of benzene rings is 1. The highest BCUT2D eigenvalue weighted by atomic mass is 32.1. The Bertz CT molecular complexity index is 1300. The highest BCUT2D eigenvalue weighted by Crippen LogP contribution is 2.56. The van der Waals surface area contributed by atoms with Crippen molar-refractivity contribution in [2.75, 3.05) is 31.7 Å². The topological polar surface area (TPSA) is 111 Å². The van der Waals surface area contributed by atoms with Gasteiger partial charge in [0, 0.05) is 31.3 Å². The van der Waals surface area contributed by atoms with E-state index in [2.05, 4.69) is 9.55 Å². The molecule has 3 heterocycles. The first-order valence-corrected chi connectivity index (χ1v) is 13.1. The van der Waals surface area contributed by atoms with Crippen LogP contribution in [0.25, 0.3) is 21.5 Å². The maximum Gasteiger partial charge on any atom is 0.347 e. The second kappa shape index (κ2) is 8.60. The minimum absolute atomic E-state index is 0.0205. The summed E-state index contributed by atoms with van der Waals surface area (Å²) in [6, 6.07) is 6.22. The Hall–Kier alpha value is -2.98. The minimum Gasteiger partial charge on any atom is -0.465 e. The molecule has 1 aromatic carbocycles. The third-order valence-corrected chi connectivity index (χ3v) is 9.40. The number of aliphatic hydroxyl groups excluding tert-OH is 1. The number of hydrogen-bond acceptors (Lipinski definition) is 8. The van der Waals surface area contributed by atoms with Crippen LogP contribution in [-0.4, -0.2) is 52.4 Å². The summed E-state index contributed by atoms with van der Waals surface area (Å²) < 4.78 is 7.22. The number of ether oxygens (including phenoxy) is 1. The van der Waals surface area contributed by atoms with Gasteiger partial charge in [-0.05, 0) is 42.7 Å². The zero-order chi connectivity index (χ0) is 24.3. The summed E-state index contributed by atoms with van der Waals surface area (Å²) in [5.41, 5.74) is 2.32. The van der Waals surface area contributed by atoms with Gasteiger partial charge in [-0.25, -0.2) is 9.78 Å². The van der Waals surface area contributed by atoms with Crippen LogP contribution in [0.1, 0.15) is 48.5 Å². The molecule has 3 atom stereocenters. The molecule has 35 heavy (non-hydrogen) atoms. The molecule has 3 aliphatic rings. The first kappa shape index (κ1) is 22.5. The molecule has 6 rings (SSSR count). The molecule has 2 aliphatic carbocycles. The lowest BCUT2D eigenvalue weighted by molar-refractivity contribution is -0.384. The second-order valence-corrected chi connectivity index (χ2v) is 10.9. The normalized spacial score (nSPS) is 24.1. The highest BCUT2D eigenvalue weighted by Gasteiger charge is 2.56. The van der Waals surface area contributed by atoms with E-state index in [1.807, 2.05) is 29.4 Å². The van der Waals surface area contributed by atoms with Gasteiger partial charge in [0.1, 0.15) is 9.88 Å². The van der Waals surface area contributed by atoms with E-state index in [-0.39, 0.29) is 17.9 Å². The van der Waals surface area contributed by atoms with Crippen molar-refractivity contribution < 1.29 is 19.6 Å². The zero-order valence-electron chi connectivity index (χ0n) is 19.6. The number of rotatable bonds is 6. The van der Waals surface area contributed by atoms with E-state index in [1.165, 1.54) is 37.7 Å². The molecule has 1 N–H and O–H groups in total. The van der Waals surface area contributed by atoms with Gasteiger partial charge >= 0.3 is 11.7 Å². The Labute approximate surface area is 206 Å². The third kappa shape index (κ3) is 3.61. The number of hydrogen-bond donors (Lipinski definition) is 1. The molecule has 2 saturated carbocycles. The maximum atomic E-state index is 12.8. The average Bonchev–Trinajstić information content (AvgIpc) is 3.29. The summed E-state index contributed by atoms with van der Waals surface area (Å²) in [7, 11) is 1.25. The minimum atomic E-state index is -0.698. The van der Waals surface area contributed by atoms with Crippen LogP contribution < -0.4 is 4.90 Å². The summed E-state index contributed by atoms with van der Waals surface area (Å²) >= 11 is 1.27. The number of piperidine rings is 1. The standard InChI is InChI=1S/C25H28N4O5S/c1-34-25(31)21-22(29(32)33)23(35-24(21)27-10-16-17(11-27)18(16)12-30)14-7-8-20-19(9-14)26-13-28(20)15-5-3-2-4-6-15/h7-9,13,15-18,30H,2-6,10-12H2,1H3/t16-,17+,18-. The lowest BCUT2D eigenvalue weighted by atomic mass is 9.95. The Balaban J connectivity index is 1.41. The van der Waals surface area contributed by atoms with Gasteiger partial charge in [0.25, 0.3) is 0 Å². The predicted molar refractivity (Wildman–Crippen MR) is 133 cm³/mol. The number of nitro groups is 1. The lowest BCUT2D eigenvalue weighted by Gasteiger charge is -2.23. The molecule has 0 spiro atoms. The lowest BCUT2D eigenvalue weighted by Crippen LogP contribution is -2.25. The van der Waals surface area contributed by atoms with E-state index >= 15 is 0 Å². The number of nitrogens with zero attached hydrogens (tertiary/aromatic N) is 4. The van der Waals surface area contributed by atoms with E-state index in [1.54, 1.807) is 0 Å². The molecule has 2 aromatic heterocycles. The second-order valence-electron chi connectivity index (χ2n) is 9.93. The average molecular weight is 497 g/mol. The molecule has 0 unspecified atom stereocenters. The summed E-state index contributed by atoms with van der Waals surface area (Å²) in [6.07, 6.45) is 7.89. The Morgan fingerprint density at radius 2 is 2.00 bits per heavy atom. The van der Waals surface area contributed by atoms with Crippen LogP contribution in [0.15, 0.2) is 24.5 Å². The van der Waals surface area contributed by atoms with Crippen molar-refractivity contribution in [1.82, 2.24) is 9.55 Å². The summed E-state index contributed by atoms with van der Waals surface area (Å²) in [5.74, 6) is 0.338. The van der Waals surface area contributed by atoms with Crippen molar-refractivity contribution in [3.8, 4) is 10.4 Å². The van der Waals surface area contributed by atoms with E-state index in [9.17, 15) is 20.0 Å². The van der Waals surface area contributed by atoms with Crippen LogP contribution in [-0.2, 0) is 4.74 Å². The summed E-state index contributed by atoms with van der Waals surface area (Å²) in [5, 5.41) is 22.3. The van der Waals surface area contributed by atoms with Crippen LogP contribution in [0.4, 0.5) is 10.7 Å². The number of methoxy groups -OCH3 is 1. The first-order chi connectivity index (χ1) is 17.0. The molecule has 10 heteroatoms. The van der Waals surface area contributed by atoms with Gasteiger partial charge < -0.3 is 19.3 Å². The molecule has 3 aromatic rings.